The summed E-state index contributed by atoms with van der Waals surface area (Å²) in [6.45, 7) is 4.08. The predicted octanol–water partition coefficient (Wildman–Crippen LogP) is 1.76. The molecule has 1 heterocycles. The largest absolute Gasteiger partial charge is 0.326 e. The fourth-order valence-electron chi connectivity index (χ4n) is 2.83. The molecule has 5 nitrogen and oxygen atoms in total. The summed E-state index contributed by atoms with van der Waals surface area (Å²) in [6, 6.07) is 6.38. The van der Waals surface area contributed by atoms with Crippen LogP contribution in [0, 0.1) is 18.3 Å². The smallest absolute Gasteiger partial charge is 0.243 e. The van der Waals surface area contributed by atoms with E-state index in [1.807, 2.05) is 13.0 Å². The van der Waals surface area contributed by atoms with Crippen molar-refractivity contribution >= 4 is 10.0 Å². The first-order valence-electron chi connectivity index (χ1n) is 7.16. The fourth-order valence-corrected chi connectivity index (χ4v) is 4.86. The Labute approximate surface area is 126 Å². The molecule has 0 amide bonds. The standard InChI is InChI=1S/C15H21N3O2S/c1-11-6-7-13(10-16)9-15(11)21(19,20)18-8-4-3-5-14(18)12(2)17/h6-7,9,12,14H,3-5,8,17H2,1-2H3. The summed E-state index contributed by atoms with van der Waals surface area (Å²) in [5.41, 5.74) is 6.98. The van der Waals surface area contributed by atoms with Crippen molar-refractivity contribution in [2.24, 2.45) is 5.73 Å². The van der Waals surface area contributed by atoms with Crippen LogP contribution in [-0.2, 0) is 10.0 Å². The van der Waals surface area contributed by atoms with Crippen molar-refractivity contribution in [3.8, 4) is 6.07 Å². The fraction of sp³-hybridized carbons (Fsp3) is 0.533. The topological polar surface area (TPSA) is 87.2 Å². The molecule has 1 saturated heterocycles. The van der Waals surface area contributed by atoms with Gasteiger partial charge in [-0.1, -0.05) is 12.5 Å². The van der Waals surface area contributed by atoms with Crippen LogP contribution in [0.4, 0.5) is 0 Å². The Balaban J connectivity index is 2.48. The number of sulfonamides is 1. The van der Waals surface area contributed by atoms with Gasteiger partial charge >= 0.3 is 0 Å². The Kier molecular flexibility index (Phi) is 4.67. The van der Waals surface area contributed by atoms with E-state index in [4.69, 9.17) is 11.0 Å². The number of nitrogens with two attached hydrogens (primary N) is 1. The quantitative estimate of drug-likeness (QED) is 0.921. The number of aryl methyl sites for hydroxylation is 1. The molecular formula is C15H21N3O2S. The van der Waals surface area contributed by atoms with Crippen molar-refractivity contribution in [2.75, 3.05) is 6.54 Å². The van der Waals surface area contributed by atoms with E-state index in [2.05, 4.69) is 0 Å². The van der Waals surface area contributed by atoms with Gasteiger partial charge in [-0.3, -0.25) is 0 Å². The Hall–Kier alpha value is -1.42. The first-order chi connectivity index (χ1) is 9.87. The maximum absolute atomic E-state index is 13.0. The third-order valence-corrected chi connectivity index (χ3v) is 6.08. The van der Waals surface area contributed by atoms with E-state index in [-0.39, 0.29) is 17.0 Å². The Morgan fingerprint density at radius 1 is 1.43 bits per heavy atom. The number of nitrogens with zero attached hydrogens (tertiary/aromatic N) is 2. The van der Waals surface area contributed by atoms with Crippen LogP contribution in [0.5, 0.6) is 0 Å². The molecule has 2 rings (SSSR count). The lowest BCUT2D eigenvalue weighted by atomic mass is 10.00. The van der Waals surface area contributed by atoms with Crippen molar-refractivity contribution in [2.45, 2.75) is 50.1 Å². The number of piperidine rings is 1. The molecule has 1 aliphatic heterocycles. The van der Waals surface area contributed by atoms with Gasteiger partial charge in [-0.05, 0) is 44.4 Å². The molecule has 0 spiro atoms. The number of nitriles is 1. The van der Waals surface area contributed by atoms with Gasteiger partial charge in [-0.25, -0.2) is 8.42 Å². The minimum Gasteiger partial charge on any atom is -0.326 e. The van der Waals surface area contributed by atoms with Crippen molar-refractivity contribution in [1.29, 1.82) is 5.26 Å². The normalized spacial score (nSPS) is 21.7. The number of hydrogen-bond acceptors (Lipinski definition) is 4. The number of rotatable bonds is 3. The molecule has 1 aromatic carbocycles. The second kappa shape index (κ2) is 6.14. The van der Waals surface area contributed by atoms with Crippen LogP contribution >= 0.6 is 0 Å². The molecule has 114 valence electrons. The van der Waals surface area contributed by atoms with Gasteiger partial charge in [0.1, 0.15) is 0 Å². The summed E-state index contributed by atoms with van der Waals surface area (Å²) in [6.07, 6.45) is 2.63. The summed E-state index contributed by atoms with van der Waals surface area (Å²) < 4.78 is 27.4. The minimum absolute atomic E-state index is 0.172. The van der Waals surface area contributed by atoms with E-state index in [0.29, 0.717) is 17.7 Å². The SMILES string of the molecule is Cc1ccc(C#N)cc1S(=O)(=O)N1CCCCC1C(C)N. The molecule has 0 radical (unpaired) electrons. The zero-order chi connectivity index (χ0) is 15.6. The highest BCUT2D eigenvalue weighted by molar-refractivity contribution is 7.89. The van der Waals surface area contributed by atoms with E-state index >= 15 is 0 Å². The van der Waals surface area contributed by atoms with Crippen LogP contribution < -0.4 is 5.73 Å². The average Bonchev–Trinajstić information content (AvgIpc) is 2.47. The first-order valence-corrected chi connectivity index (χ1v) is 8.60. The molecule has 0 aromatic heterocycles. The molecule has 2 atom stereocenters. The molecule has 2 unspecified atom stereocenters. The van der Waals surface area contributed by atoms with E-state index in [9.17, 15) is 8.42 Å². The zero-order valence-electron chi connectivity index (χ0n) is 12.4. The lowest BCUT2D eigenvalue weighted by Crippen LogP contribution is -2.51. The molecule has 21 heavy (non-hydrogen) atoms. The maximum Gasteiger partial charge on any atom is 0.243 e. The Morgan fingerprint density at radius 2 is 2.14 bits per heavy atom. The van der Waals surface area contributed by atoms with E-state index in [1.165, 1.54) is 10.4 Å². The third-order valence-electron chi connectivity index (χ3n) is 4.01. The highest BCUT2D eigenvalue weighted by atomic mass is 32.2. The van der Waals surface area contributed by atoms with E-state index < -0.39 is 10.0 Å². The summed E-state index contributed by atoms with van der Waals surface area (Å²) in [4.78, 5) is 0.217. The Morgan fingerprint density at radius 3 is 2.76 bits per heavy atom. The van der Waals surface area contributed by atoms with Crippen molar-refractivity contribution in [1.82, 2.24) is 4.31 Å². The summed E-state index contributed by atoms with van der Waals surface area (Å²) >= 11 is 0. The van der Waals surface area contributed by atoms with Crippen molar-refractivity contribution < 1.29 is 8.42 Å². The van der Waals surface area contributed by atoms with Crippen molar-refractivity contribution in [3.05, 3.63) is 29.3 Å². The monoisotopic (exact) mass is 307 g/mol. The van der Waals surface area contributed by atoms with Crippen LogP contribution in [0.2, 0.25) is 0 Å². The molecule has 1 aliphatic rings. The van der Waals surface area contributed by atoms with Gasteiger partial charge in [0.25, 0.3) is 0 Å². The van der Waals surface area contributed by atoms with Gasteiger partial charge in [0, 0.05) is 18.6 Å². The van der Waals surface area contributed by atoms with Crippen LogP contribution in [0.1, 0.15) is 37.3 Å². The molecule has 6 heteroatoms. The highest BCUT2D eigenvalue weighted by Gasteiger charge is 2.36. The summed E-state index contributed by atoms with van der Waals surface area (Å²) in [5.74, 6) is 0. The maximum atomic E-state index is 13.0. The molecule has 1 fully saturated rings. The lowest BCUT2D eigenvalue weighted by Gasteiger charge is -2.37. The molecule has 1 aromatic rings. The number of benzene rings is 1. The van der Waals surface area contributed by atoms with Gasteiger partial charge < -0.3 is 5.73 Å². The van der Waals surface area contributed by atoms with Crippen molar-refractivity contribution in [3.63, 3.8) is 0 Å². The molecule has 0 bridgehead atoms. The lowest BCUT2D eigenvalue weighted by molar-refractivity contribution is 0.227. The van der Waals surface area contributed by atoms with Crippen LogP contribution in [0.15, 0.2) is 23.1 Å². The predicted molar refractivity (Wildman–Crippen MR) is 81.1 cm³/mol. The van der Waals surface area contributed by atoms with E-state index in [1.54, 1.807) is 19.1 Å². The summed E-state index contributed by atoms with van der Waals surface area (Å²) in [7, 11) is -3.62. The van der Waals surface area contributed by atoms with Gasteiger partial charge in [0.05, 0.1) is 16.5 Å². The second-order valence-electron chi connectivity index (χ2n) is 5.63. The van der Waals surface area contributed by atoms with Crippen LogP contribution in [0.3, 0.4) is 0 Å². The van der Waals surface area contributed by atoms with E-state index in [0.717, 1.165) is 19.3 Å². The third kappa shape index (κ3) is 3.10. The molecular weight excluding hydrogens is 286 g/mol. The second-order valence-corrected chi connectivity index (χ2v) is 7.49. The molecule has 0 aliphatic carbocycles. The van der Waals surface area contributed by atoms with Gasteiger partial charge in [0.15, 0.2) is 0 Å². The molecule has 0 saturated carbocycles. The van der Waals surface area contributed by atoms with Crippen LogP contribution in [-0.4, -0.2) is 31.4 Å². The van der Waals surface area contributed by atoms with Crippen LogP contribution in [0.25, 0.3) is 0 Å². The Bertz CT molecular complexity index is 662. The zero-order valence-corrected chi connectivity index (χ0v) is 13.2. The van der Waals surface area contributed by atoms with Gasteiger partial charge in [0.2, 0.25) is 10.0 Å². The highest BCUT2D eigenvalue weighted by Crippen LogP contribution is 2.28. The van der Waals surface area contributed by atoms with Gasteiger partial charge in [-0.2, -0.15) is 9.57 Å². The first kappa shape index (κ1) is 16.0. The molecule has 2 N–H and O–H groups in total. The summed E-state index contributed by atoms with van der Waals surface area (Å²) in [5, 5.41) is 8.99. The average molecular weight is 307 g/mol. The minimum atomic E-state index is -3.62. The van der Waals surface area contributed by atoms with Gasteiger partial charge in [-0.15, -0.1) is 0 Å². The number of hydrogen-bond donors (Lipinski definition) is 1.